The van der Waals surface area contributed by atoms with Gasteiger partial charge < -0.3 is 15.4 Å². The highest BCUT2D eigenvalue weighted by Gasteiger charge is 2.21. The van der Waals surface area contributed by atoms with Gasteiger partial charge in [-0.15, -0.1) is 0 Å². The van der Waals surface area contributed by atoms with E-state index in [0.717, 1.165) is 11.3 Å². The zero-order valence-electron chi connectivity index (χ0n) is 16.2. The second kappa shape index (κ2) is 8.56. The van der Waals surface area contributed by atoms with Gasteiger partial charge in [-0.05, 0) is 50.1 Å². The number of hydrogen-bond donors (Lipinski definition) is 2. The number of carbonyl (C=O) groups is 2. The molecule has 7 nitrogen and oxygen atoms in total. The molecule has 2 aromatic heterocycles. The van der Waals surface area contributed by atoms with Crippen molar-refractivity contribution in [1.29, 1.82) is 0 Å². The molecule has 1 aromatic carbocycles. The van der Waals surface area contributed by atoms with E-state index in [0.29, 0.717) is 18.5 Å². The lowest BCUT2D eigenvalue weighted by atomic mass is 10.1. The molecule has 2 amide bonds. The third-order valence-corrected chi connectivity index (χ3v) is 4.22. The zero-order chi connectivity index (χ0) is 20.1. The standard InChI is InChI=1S/C21H24N4O3/c1-14(2)23-21(27)19-24-18(17-9-4-5-12-25(17)19)20(26)22-11-10-15-7-6-8-16(13-15)28-3/h4-9,12-14H,10-11H2,1-3H3,(H,22,26)(H,23,27). The number of carbonyl (C=O) groups excluding carboxylic acids is 2. The van der Waals surface area contributed by atoms with Gasteiger partial charge in [-0.25, -0.2) is 4.98 Å². The molecule has 0 aliphatic rings. The van der Waals surface area contributed by atoms with Gasteiger partial charge >= 0.3 is 0 Å². The first-order valence-electron chi connectivity index (χ1n) is 9.18. The highest BCUT2D eigenvalue weighted by Crippen LogP contribution is 2.15. The minimum Gasteiger partial charge on any atom is -0.497 e. The van der Waals surface area contributed by atoms with Crippen LogP contribution in [0.25, 0.3) is 5.52 Å². The second-order valence-electron chi connectivity index (χ2n) is 6.73. The Morgan fingerprint density at radius 2 is 1.96 bits per heavy atom. The first kappa shape index (κ1) is 19.4. The van der Waals surface area contributed by atoms with Crippen molar-refractivity contribution >= 4 is 17.3 Å². The summed E-state index contributed by atoms with van der Waals surface area (Å²) in [6.45, 7) is 4.20. The number of ether oxygens (including phenoxy) is 1. The molecule has 0 radical (unpaired) electrons. The normalized spacial score (nSPS) is 10.9. The summed E-state index contributed by atoms with van der Waals surface area (Å²) in [7, 11) is 1.62. The summed E-state index contributed by atoms with van der Waals surface area (Å²) >= 11 is 0. The van der Waals surface area contributed by atoms with Gasteiger partial charge in [0.25, 0.3) is 11.8 Å². The number of nitrogens with zero attached hydrogens (tertiary/aromatic N) is 2. The highest BCUT2D eigenvalue weighted by atomic mass is 16.5. The van der Waals surface area contributed by atoms with Crippen molar-refractivity contribution in [3.63, 3.8) is 0 Å². The van der Waals surface area contributed by atoms with Gasteiger partial charge in [-0.2, -0.15) is 0 Å². The Bertz CT molecular complexity index is 994. The van der Waals surface area contributed by atoms with E-state index in [-0.39, 0.29) is 29.4 Å². The Morgan fingerprint density at radius 1 is 1.14 bits per heavy atom. The third-order valence-electron chi connectivity index (χ3n) is 4.22. The Morgan fingerprint density at radius 3 is 2.71 bits per heavy atom. The maximum atomic E-state index is 12.7. The van der Waals surface area contributed by atoms with E-state index in [1.807, 2.05) is 44.2 Å². The molecule has 0 aliphatic heterocycles. The molecule has 0 saturated carbocycles. The van der Waals surface area contributed by atoms with Crippen LogP contribution in [0.1, 0.15) is 40.5 Å². The van der Waals surface area contributed by atoms with E-state index in [4.69, 9.17) is 4.74 Å². The van der Waals surface area contributed by atoms with Crippen molar-refractivity contribution in [2.45, 2.75) is 26.3 Å². The molecule has 3 rings (SSSR count). The van der Waals surface area contributed by atoms with Gasteiger partial charge in [-0.3, -0.25) is 14.0 Å². The molecule has 0 fully saturated rings. The van der Waals surface area contributed by atoms with Crippen LogP contribution in [0.15, 0.2) is 48.7 Å². The number of fused-ring (bicyclic) bond motifs is 1. The molecule has 146 valence electrons. The van der Waals surface area contributed by atoms with Crippen molar-refractivity contribution in [2.75, 3.05) is 13.7 Å². The smallest absolute Gasteiger partial charge is 0.287 e. The lowest BCUT2D eigenvalue weighted by molar-refractivity contribution is 0.0932. The maximum Gasteiger partial charge on any atom is 0.287 e. The summed E-state index contributed by atoms with van der Waals surface area (Å²) in [6.07, 6.45) is 2.39. The van der Waals surface area contributed by atoms with Crippen LogP contribution in [0, 0.1) is 0 Å². The van der Waals surface area contributed by atoms with Gasteiger partial charge in [0.2, 0.25) is 5.82 Å². The van der Waals surface area contributed by atoms with E-state index in [1.54, 1.807) is 29.8 Å². The van der Waals surface area contributed by atoms with Crippen molar-refractivity contribution in [2.24, 2.45) is 0 Å². The Balaban J connectivity index is 1.75. The van der Waals surface area contributed by atoms with Gasteiger partial charge in [0.05, 0.1) is 12.6 Å². The largest absolute Gasteiger partial charge is 0.497 e. The van der Waals surface area contributed by atoms with Crippen LogP contribution < -0.4 is 15.4 Å². The summed E-state index contributed by atoms with van der Waals surface area (Å²) < 4.78 is 6.85. The summed E-state index contributed by atoms with van der Waals surface area (Å²) in [5.74, 6) is 0.355. The van der Waals surface area contributed by atoms with E-state index in [9.17, 15) is 9.59 Å². The number of nitrogens with one attached hydrogen (secondary N) is 2. The number of imidazole rings is 1. The topological polar surface area (TPSA) is 84.7 Å². The molecule has 7 heteroatoms. The minimum atomic E-state index is -0.313. The van der Waals surface area contributed by atoms with Crippen LogP contribution in [0.5, 0.6) is 5.75 Å². The van der Waals surface area contributed by atoms with E-state index >= 15 is 0 Å². The fourth-order valence-electron chi connectivity index (χ4n) is 2.92. The van der Waals surface area contributed by atoms with Crippen LogP contribution in [-0.2, 0) is 6.42 Å². The molecule has 2 heterocycles. The molecule has 0 aliphatic carbocycles. The summed E-state index contributed by atoms with van der Waals surface area (Å²) in [6, 6.07) is 13.1. The van der Waals surface area contributed by atoms with E-state index in [1.165, 1.54) is 0 Å². The molecule has 0 saturated heterocycles. The zero-order valence-corrected chi connectivity index (χ0v) is 16.2. The molecular weight excluding hydrogens is 356 g/mol. The van der Waals surface area contributed by atoms with Gasteiger partial charge in [-0.1, -0.05) is 18.2 Å². The fourth-order valence-corrected chi connectivity index (χ4v) is 2.92. The fraction of sp³-hybridized carbons (Fsp3) is 0.286. The van der Waals surface area contributed by atoms with Crippen LogP contribution in [-0.4, -0.2) is 40.9 Å². The predicted octanol–water partition coefficient (Wildman–Crippen LogP) is 2.45. The van der Waals surface area contributed by atoms with Crippen LogP contribution in [0.2, 0.25) is 0 Å². The lowest BCUT2D eigenvalue weighted by Gasteiger charge is -2.06. The average molecular weight is 380 g/mol. The number of methoxy groups -OCH3 is 1. The number of aromatic nitrogens is 2. The third kappa shape index (κ3) is 4.31. The van der Waals surface area contributed by atoms with Crippen molar-refractivity contribution < 1.29 is 14.3 Å². The number of hydrogen-bond acceptors (Lipinski definition) is 4. The quantitative estimate of drug-likeness (QED) is 0.659. The molecule has 2 N–H and O–H groups in total. The number of benzene rings is 1. The minimum absolute atomic E-state index is 0.0243. The summed E-state index contributed by atoms with van der Waals surface area (Å²) in [4.78, 5) is 29.4. The average Bonchev–Trinajstić information content (AvgIpc) is 3.07. The summed E-state index contributed by atoms with van der Waals surface area (Å²) in [5.41, 5.74) is 1.89. The van der Waals surface area contributed by atoms with Crippen LogP contribution >= 0.6 is 0 Å². The predicted molar refractivity (Wildman–Crippen MR) is 107 cm³/mol. The SMILES string of the molecule is COc1cccc(CCNC(=O)c2nc(C(=O)NC(C)C)n3ccccc23)c1. The summed E-state index contributed by atoms with van der Waals surface area (Å²) in [5, 5.41) is 5.70. The van der Waals surface area contributed by atoms with Gasteiger partial charge in [0.1, 0.15) is 5.75 Å². The van der Waals surface area contributed by atoms with E-state index in [2.05, 4.69) is 15.6 Å². The highest BCUT2D eigenvalue weighted by molar-refractivity contribution is 6.02. The molecule has 28 heavy (non-hydrogen) atoms. The van der Waals surface area contributed by atoms with Gasteiger partial charge in [0, 0.05) is 18.8 Å². The van der Waals surface area contributed by atoms with Crippen molar-refractivity contribution in [3.05, 3.63) is 65.7 Å². The molecule has 3 aromatic rings. The first-order valence-corrected chi connectivity index (χ1v) is 9.18. The molecule has 0 atom stereocenters. The van der Waals surface area contributed by atoms with Crippen LogP contribution in [0.3, 0.4) is 0 Å². The number of pyridine rings is 1. The maximum absolute atomic E-state index is 12.7. The first-order chi connectivity index (χ1) is 13.5. The Kier molecular flexibility index (Phi) is 5.93. The monoisotopic (exact) mass is 380 g/mol. The molecule has 0 bridgehead atoms. The second-order valence-corrected chi connectivity index (χ2v) is 6.73. The molecule has 0 unspecified atom stereocenters. The van der Waals surface area contributed by atoms with E-state index < -0.39 is 0 Å². The van der Waals surface area contributed by atoms with Crippen molar-refractivity contribution in [1.82, 2.24) is 20.0 Å². The lowest BCUT2D eigenvalue weighted by Crippen LogP contribution is -2.31. The Hall–Kier alpha value is -3.35. The molecular formula is C21H24N4O3. The molecule has 0 spiro atoms. The number of rotatable bonds is 7. The van der Waals surface area contributed by atoms with Crippen molar-refractivity contribution in [3.8, 4) is 5.75 Å². The number of amides is 2. The van der Waals surface area contributed by atoms with Gasteiger partial charge in [0.15, 0.2) is 5.69 Å². The van der Waals surface area contributed by atoms with Crippen LogP contribution in [0.4, 0.5) is 0 Å². The Labute approximate surface area is 163 Å².